The molecule has 0 spiro atoms. The number of hydrogen-bond acceptors (Lipinski definition) is 5. The molecule has 2 aliphatic rings. The summed E-state index contributed by atoms with van der Waals surface area (Å²) in [4.78, 5) is 56.8. The third kappa shape index (κ3) is 4.43. The lowest BCUT2D eigenvalue weighted by molar-refractivity contribution is -0.144. The van der Waals surface area contributed by atoms with Gasteiger partial charge in [0.1, 0.15) is 6.54 Å². The molecule has 0 unspecified atom stereocenters. The fourth-order valence-electron chi connectivity index (χ4n) is 4.64. The number of nitrogens with zero attached hydrogens (tertiary/aromatic N) is 3. The second-order valence-corrected chi connectivity index (χ2v) is 8.86. The average Bonchev–Trinajstić information content (AvgIpc) is 3.07. The third-order valence-electron chi connectivity index (χ3n) is 6.41. The van der Waals surface area contributed by atoms with Crippen LogP contribution in [0.5, 0.6) is 0 Å². The van der Waals surface area contributed by atoms with Crippen LogP contribution in [0.3, 0.4) is 0 Å². The molecule has 2 aliphatic heterocycles. The summed E-state index contributed by atoms with van der Waals surface area (Å²) >= 11 is 6.45. The zero-order valence-electron chi connectivity index (χ0n) is 18.9. The lowest BCUT2D eigenvalue weighted by Crippen LogP contribution is -2.54. The number of para-hydroxylation sites is 1. The number of likely N-dealkylation sites (tertiary alicyclic amines) is 1. The first-order chi connectivity index (χ1) is 16.4. The second kappa shape index (κ2) is 9.95. The van der Waals surface area contributed by atoms with E-state index in [1.165, 1.54) is 12.0 Å². The molecule has 2 aromatic rings. The van der Waals surface area contributed by atoms with E-state index < -0.39 is 11.3 Å². The number of imide groups is 1. The summed E-state index contributed by atoms with van der Waals surface area (Å²) in [6, 6.07) is 16.0. The van der Waals surface area contributed by atoms with E-state index in [4.69, 9.17) is 16.3 Å². The number of ether oxygens (including phenoxy) is 1. The van der Waals surface area contributed by atoms with Crippen LogP contribution in [0.25, 0.3) is 0 Å². The van der Waals surface area contributed by atoms with E-state index in [-0.39, 0.29) is 50.3 Å². The normalized spacial score (nSPS) is 20.9. The minimum atomic E-state index is -1.42. The van der Waals surface area contributed by atoms with Crippen molar-refractivity contribution >= 4 is 40.9 Å². The van der Waals surface area contributed by atoms with Gasteiger partial charge in [-0.1, -0.05) is 48.0 Å². The highest BCUT2D eigenvalue weighted by Crippen LogP contribution is 2.43. The first-order valence-electron chi connectivity index (χ1n) is 11.1. The number of piperazine rings is 1. The SMILES string of the molecule is COCCN1C(=O)C[C@@](CC(=O)N2CCN(c3ccccc3)C(=O)C2)(c2ccccc2Cl)C1=O. The van der Waals surface area contributed by atoms with Gasteiger partial charge in [0.05, 0.1) is 18.6 Å². The summed E-state index contributed by atoms with van der Waals surface area (Å²) < 4.78 is 5.04. The summed E-state index contributed by atoms with van der Waals surface area (Å²) in [5.41, 5.74) is -0.199. The maximum absolute atomic E-state index is 13.6. The molecular weight excluding hydrogens is 458 g/mol. The highest BCUT2D eigenvalue weighted by atomic mass is 35.5. The summed E-state index contributed by atoms with van der Waals surface area (Å²) in [6.07, 6.45) is -0.410. The van der Waals surface area contributed by atoms with Crippen LogP contribution in [0.4, 0.5) is 5.69 Å². The second-order valence-electron chi connectivity index (χ2n) is 8.46. The van der Waals surface area contributed by atoms with Gasteiger partial charge < -0.3 is 14.5 Å². The Morgan fingerprint density at radius 3 is 2.38 bits per heavy atom. The monoisotopic (exact) mass is 483 g/mol. The zero-order valence-corrected chi connectivity index (χ0v) is 19.7. The molecule has 2 aromatic carbocycles. The van der Waals surface area contributed by atoms with Gasteiger partial charge in [0, 0.05) is 43.8 Å². The topological polar surface area (TPSA) is 87.2 Å². The van der Waals surface area contributed by atoms with E-state index in [0.29, 0.717) is 23.7 Å². The highest BCUT2D eigenvalue weighted by molar-refractivity contribution is 6.32. The molecule has 0 bridgehead atoms. The van der Waals surface area contributed by atoms with Gasteiger partial charge in [-0.25, -0.2) is 0 Å². The van der Waals surface area contributed by atoms with E-state index in [1.54, 1.807) is 29.2 Å². The molecule has 2 fully saturated rings. The van der Waals surface area contributed by atoms with Crippen LogP contribution in [0, 0.1) is 0 Å². The van der Waals surface area contributed by atoms with Crippen molar-refractivity contribution in [3.63, 3.8) is 0 Å². The van der Waals surface area contributed by atoms with Gasteiger partial charge in [-0.3, -0.25) is 24.1 Å². The molecule has 0 aliphatic carbocycles. The van der Waals surface area contributed by atoms with Gasteiger partial charge in [-0.15, -0.1) is 0 Å². The van der Waals surface area contributed by atoms with Gasteiger partial charge >= 0.3 is 0 Å². The average molecular weight is 484 g/mol. The Morgan fingerprint density at radius 2 is 1.71 bits per heavy atom. The number of hydrogen-bond donors (Lipinski definition) is 0. The number of anilines is 1. The molecule has 178 valence electrons. The molecule has 0 radical (unpaired) electrons. The van der Waals surface area contributed by atoms with E-state index in [0.717, 1.165) is 10.6 Å². The number of amides is 4. The van der Waals surface area contributed by atoms with Crippen molar-refractivity contribution in [2.45, 2.75) is 18.3 Å². The summed E-state index contributed by atoms with van der Waals surface area (Å²) in [5, 5.41) is 0.315. The van der Waals surface area contributed by atoms with E-state index in [2.05, 4.69) is 0 Å². The van der Waals surface area contributed by atoms with Crippen LogP contribution >= 0.6 is 11.6 Å². The van der Waals surface area contributed by atoms with E-state index in [1.807, 2.05) is 30.3 Å². The van der Waals surface area contributed by atoms with Crippen LogP contribution < -0.4 is 4.90 Å². The Morgan fingerprint density at radius 1 is 1.00 bits per heavy atom. The predicted molar refractivity (Wildman–Crippen MR) is 126 cm³/mol. The Labute approximate surface area is 203 Å². The van der Waals surface area contributed by atoms with Crippen LogP contribution in [-0.4, -0.2) is 73.3 Å². The lowest BCUT2D eigenvalue weighted by Gasteiger charge is -2.36. The van der Waals surface area contributed by atoms with Gasteiger partial charge in [0.25, 0.3) is 0 Å². The molecule has 2 saturated heterocycles. The Kier molecular flexibility index (Phi) is 7.00. The van der Waals surface area contributed by atoms with Crippen molar-refractivity contribution in [1.82, 2.24) is 9.80 Å². The van der Waals surface area contributed by atoms with E-state index in [9.17, 15) is 19.2 Å². The third-order valence-corrected chi connectivity index (χ3v) is 6.74. The smallest absolute Gasteiger partial charge is 0.246 e. The van der Waals surface area contributed by atoms with Crippen molar-refractivity contribution in [2.75, 3.05) is 44.8 Å². The molecule has 0 aromatic heterocycles. The number of benzene rings is 2. The highest BCUT2D eigenvalue weighted by Gasteiger charge is 2.55. The molecule has 34 heavy (non-hydrogen) atoms. The minimum absolute atomic E-state index is 0.0954. The zero-order chi connectivity index (χ0) is 24.3. The van der Waals surface area contributed by atoms with Crippen molar-refractivity contribution in [2.24, 2.45) is 0 Å². The number of halogens is 1. The number of carbonyl (C=O) groups excluding carboxylic acids is 4. The molecule has 9 heteroatoms. The Hall–Kier alpha value is -3.23. The quantitative estimate of drug-likeness (QED) is 0.564. The Bertz CT molecular complexity index is 1110. The fraction of sp³-hybridized carbons (Fsp3) is 0.360. The molecule has 8 nitrogen and oxygen atoms in total. The molecule has 0 saturated carbocycles. The summed E-state index contributed by atoms with van der Waals surface area (Å²) in [5.74, 6) is -1.41. The van der Waals surface area contributed by atoms with Gasteiger partial charge in [0.15, 0.2) is 0 Å². The summed E-state index contributed by atoms with van der Waals surface area (Å²) in [7, 11) is 1.49. The van der Waals surface area contributed by atoms with E-state index >= 15 is 0 Å². The molecule has 1 atom stereocenters. The van der Waals surface area contributed by atoms with Crippen molar-refractivity contribution in [3.8, 4) is 0 Å². The molecule has 0 N–H and O–H groups in total. The maximum Gasteiger partial charge on any atom is 0.246 e. The van der Waals surface area contributed by atoms with Crippen LogP contribution in [0.15, 0.2) is 54.6 Å². The molecule has 4 amide bonds. The van der Waals surface area contributed by atoms with Gasteiger partial charge in [-0.2, -0.15) is 0 Å². The number of carbonyl (C=O) groups is 4. The Balaban J connectivity index is 1.58. The fourth-order valence-corrected chi connectivity index (χ4v) is 4.96. The number of methoxy groups -OCH3 is 1. The largest absolute Gasteiger partial charge is 0.383 e. The first-order valence-corrected chi connectivity index (χ1v) is 11.5. The first kappa shape index (κ1) is 23.9. The van der Waals surface area contributed by atoms with Gasteiger partial charge in [0.2, 0.25) is 23.6 Å². The van der Waals surface area contributed by atoms with Crippen LogP contribution in [0.1, 0.15) is 18.4 Å². The maximum atomic E-state index is 13.6. The molecule has 2 heterocycles. The summed E-state index contributed by atoms with van der Waals surface area (Å²) in [6.45, 7) is 0.874. The standard InChI is InChI=1S/C25H26ClN3O5/c1-34-14-13-29-22(31)16-25(24(29)33,19-9-5-6-10-20(19)26)15-21(30)27-11-12-28(23(32)17-27)18-7-3-2-4-8-18/h2-10H,11-17H2,1H3/t25-/m0/s1. The number of rotatable bonds is 7. The van der Waals surface area contributed by atoms with Crippen molar-refractivity contribution in [1.29, 1.82) is 0 Å². The van der Waals surface area contributed by atoms with Crippen LogP contribution in [-0.2, 0) is 29.3 Å². The lowest BCUT2D eigenvalue weighted by atomic mass is 9.75. The van der Waals surface area contributed by atoms with Gasteiger partial charge in [-0.05, 0) is 23.8 Å². The molecule has 4 rings (SSSR count). The van der Waals surface area contributed by atoms with Crippen molar-refractivity contribution < 1.29 is 23.9 Å². The predicted octanol–water partition coefficient (Wildman–Crippen LogP) is 2.25. The van der Waals surface area contributed by atoms with Crippen LogP contribution in [0.2, 0.25) is 5.02 Å². The van der Waals surface area contributed by atoms with Crippen molar-refractivity contribution in [3.05, 3.63) is 65.2 Å². The molecular formula is C25H26ClN3O5. The minimum Gasteiger partial charge on any atom is -0.383 e.